The lowest BCUT2D eigenvalue weighted by Crippen LogP contribution is -2.17. The van der Waals surface area contributed by atoms with Gasteiger partial charge in [-0.05, 0) is 47.0 Å². The van der Waals surface area contributed by atoms with Gasteiger partial charge >= 0.3 is 0 Å². The van der Waals surface area contributed by atoms with Gasteiger partial charge in [0.1, 0.15) is 0 Å². The number of hydrogen-bond acceptors (Lipinski definition) is 5. The van der Waals surface area contributed by atoms with Crippen molar-refractivity contribution in [3.63, 3.8) is 0 Å². The highest BCUT2D eigenvalue weighted by Crippen LogP contribution is 2.23. The van der Waals surface area contributed by atoms with Crippen molar-refractivity contribution < 1.29 is 4.79 Å². The van der Waals surface area contributed by atoms with Gasteiger partial charge in [0.15, 0.2) is 5.82 Å². The molecule has 1 aromatic heterocycles. The minimum atomic E-state index is -0.125. The largest absolute Gasteiger partial charge is 0.336 e. The predicted molar refractivity (Wildman–Crippen MR) is 125 cm³/mol. The van der Waals surface area contributed by atoms with Crippen molar-refractivity contribution in [3.05, 3.63) is 82.1 Å². The molecule has 0 radical (unpaired) electrons. The Labute approximate surface area is 187 Å². The number of nitrogen functional groups attached to an aromatic ring is 1. The van der Waals surface area contributed by atoms with E-state index in [4.69, 9.17) is 5.84 Å². The van der Waals surface area contributed by atoms with Crippen LogP contribution in [0.5, 0.6) is 0 Å². The summed E-state index contributed by atoms with van der Waals surface area (Å²) in [6.07, 6.45) is 0.565. The van der Waals surface area contributed by atoms with Crippen LogP contribution in [0.2, 0.25) is 0 Å². The summed E-state index contributed by atoms with van der Waals surface area (Å²) in [6.45, 7) is 1.98. The van der Waals surface area contributed by atoms with E-state index in [9.17, 15) is 4.79 Å². The molecule has 3 aromatic carbocycles. The zero-order valence-electron chi connectivity index (χ0n) is 16.3. The molecule has 1 amide bonds. The Morgan fingerprint density at radius 2 is 1.93 bits per heavy atom. The fraction of sp³-hybridized carbons (Fsp3) is 0.136. The van der Waals surface area contributed by atoms with Crippen molar-refractivity contribution in [1.29, 1.82) is 0 Å². The summed E-state index contributed by atoms with van der Waals surface area (Å²) in [5.41, 5.74) is 2.94. The molecule has 8 heteroatoms. The van der Waals surface area contributed by atoms with Crippen LogP contribution >= 0.6 is 27.7 Å². The first-order valence-corrected chi connectivity index (χ1v) is 11.1. The number of fused-ring (bicyclic) bond motifs is 1. The van der Waals surface area contributed by atoms with Crippen LogP contribution in [-0.2, 0) is 11.2 Å². The first kappa shape index (κ1) is 20.4. The van der Waals surface area contributed by atoms with Crippen molar-refractivity contribution >= 4 is 50.1 Å². The molecular weight excluding hydrogens is 462 g/mol. The smallest absolute Gasteiger partial charge is 0.234 e. The van der Waals surface area contributed by atoms with Crippen LogP contribution in [0.15, 0.2) is 70.3 Å². The molecule has 0 aliphatic carbocycles. The van der Waals surface area contributed by atoms with Crippen LogP contribution < -0.4 is 11.2 Å². The minimum absolute atomic E-state index is 0.125. The first-order chi connectivity index (χ1) is 14.5. The van der Waals surface area contributed by atoms with E-state index in [2.05, 4.69) is 55.7 Å². The maximum absolute atomic E-state index is 12.3. The normalized spacial score (nSPS) is 11.0. The van der Waals surface area contributed by atoms with E-state index in [1.807, 2.05) is 43.3 Å². The SMILES string of the molecule is Cc1cc(NC(=O)CSc2nnc(Cc3cccc4ccccc34)n2N)ccc1Br. The minimum Gasteiger partial charge on any atom is -0.336 e. The zero-order valence-corrected chi connectivity index (χ0v) is 18.7. The summed E-state index contributed by atoms with van der Waals surface area (Å²) in [4.78, 5) is 12.3. The number of thioether (sulfide) groups is 1. The number of halogens is 1. The van der Waals surface area contributed by atoms with Crippen LogP contribution in [0.4, 0.5) is 5.69 Å². The summed E-state index contributed by atoms with van der Waals surface area (Å²) >= 11 is 4.72. The molecule has 0 unspecified atom stereocenters. The number of nitrogens with zero attached hydrogens (tertiary/aromatic N) is 3. The molecule has 4 aromatic rings. The highest BCUT2D eigenvalue weighted by Gasteiger charge is 2.14. The number of aryl methyl sites for hydroxylation is 1. The molecule has 4 rings (SSSR count). The second-order valence-electron chi connectivity index (χ2n) is 6.88. The first-order valence-electron chi connectivity index (χ1n) is 9.36. The number of nitrogens with two attached hydrogens (primary N) is 1. The van der Waals surface area contributed by atoms with Crippen molar-refractivity contribution in [2.24, 2.45) is 0 Å². The van der Waals surface area contributed by atoms with E-state index >= 15 is 0 Å². The van der Waals surface area contributed by atoms with Gasteiger partial charge in [-0.25, -0.2) is 4.68 Å². The lowest BCUT2D eigenvalue weighted by Gasteiger charge is -2.08. The quantitative estimate of drug-likeness (QED) is 0.312. The Morgan fingerprint density at radius 3 is 2.77 bits per heavy atom. The van der Waals surface area contributed by atoms with E-state index in [1.165, 1.54) is 27.2 Å². The molecule has 30 heavy (non-hydrogen) atoms. The summed E-state index contributed by atoms with van der Waals surface area (Å²) < 4.78 is 2.47. The average Bonchev–Trinajstić information content (AvgIpc) is 3.09. The summed E-state index contributed by atoms with van der Waals surface area (Å²) in [5.74, 6) is 6.92. The molecule has 3 N–H and O–H groups in total. The van der Waals surface area contributed by atoms with Crippen LogP contribution in [0.1, 0.15) is 17.0 Å². The Hall–Kier alpha value is -2.84. The van der Waals surface area contributed by atoms with Crippen LogP contribution in [0, 0.1) is 6.92 Å². The number of carbonyl (C=O) groups is 1. The second kappa shape index (κ2) is 8.89. The van der Waals surface area contributed by atoms with Crippen LogP contribution in [0.25, 0.3) is 10.8 Å². The summed E-state index contributed by atoms with van der Waals surface area (Å²) in [6, 6.07) is 20.1. The molecule has 0 spiro atoms. The van der Waals surface area contributed by atoms with Crippen LogP contribution in [-0.4, -0.2) is 26.5 Å². The van der Waals surface area contributed by atoms with Gasteiger partial charge in [0.05, 0.1) is 5.75 Å². The standard InChI is InChI=1S/C22H20BrN5OS/c1-14-11-17(9-10-19(14)23)25-21(29)13-30-22-27-26-20(28(22)24)12-16-7-4-6-15-5-2-3-8-18(15)16/h2-11H,12-13,24H2,1H3,(H,25,29). The van der Waals surface area contributed by atoms with Gasteiger partial charge in [-0.1, -0.05) is 70.2 Å². The van der Waals surface area contributed by atoms with Gasteiger partial charge in [-0.15, -0.1) is 10.2 Å². The number of carbonyl (C=O) groups excluding carboxylic acids is 1. The van der Waals surface area contributed by atoms with Crippen molar-refractivity contribution in [3.8, 4) is 0 Å². The molecule has 0 saturated heterocycles. The molecule has 0 aliphatic rings. The maximum Gasteiger partial charge on any atom is 0.234 e. The van der Waals surface area contributed by atoms with Gasteiger partial charge in [0.25, 0.3) is 0 Å². The van der Waals surface area contributed by atoms with E-state index in [0.717, 1.165) is 21.3 Å². The molecule has 6 nitrogen and oxygen atoms in total. The number of rotatable bonds is 6. The zero-order chi connectivity index (χ0) is 21.1. The second-order valence-corrected chi connectivity index (χ2v) is 8.68. The van der Waals surface area contributed by atoms with Gasteiger partial charge in [-0.2, -0.15) is 0 Å². The predicted octanol–water partition coefficient (Wildman–Crippen LogP) is 4.54. The maximum atomic E-state index is 12.3. The topological polar surface area (TPSA) is 85.8 Å². The van der Waals surface area contributed by atoms with Gasteiger partial charge < -0.3 is 11.2 Å². The molecule has 0 atom stereocenters. The molecule has 0 bridgehead atoms. The van der Waals surface area contributed by atoms with Crippen molar-refractivity contribution in [2.45, 2.75) is 18.5 Å². The van der Waals surface area contributed by atoms with Gasteiger partial charge in [0, 0.05) is 16.6 Å². The monoisotopic (exact) mass is 481 g/mol. The fourth-order valence-corrected chi connectivity index (χ4v) is 4.11. The number of amides is 1. The number of hydrogen-bond donors (Lipinski definition) is 2. The van der Waals surface area contributed by atoms with Gasteiger partial charge in [0.2, 0.25) is 11.1 Å². The Morgan fingerprint density at radius 1 is 1.13 bits per heavy atom. The third-order valence-electron chi connectivity index (χ3n) is 4.74. The highest BCUT2D eigenvalue weighted by atomic mass is 79.9. The molecule has 0 saturated carbocycles. The number of aromatic nitrogens is 3. The number of nitrogens with one attached hydrogen (secondary N) is 1. The Bertz CT molecular complexity index is 1220. The van der Waals surface area contributed by atoms with Crippen molar-refractivity contribution in [2.75, 3.05) is 16.9 Å². The average molecular weight is 482 g/mol. The highest BCUT2D eigenvalue weighted by molar-refractivity contribution is 9.10. The number of benzene rings is 3. The third kappa shape index (κ3) is 4.49. The van der Waals surface area contributed by atoms with E-state index < -0.39 is 0 Å². The molecule has 0 aliphatic heterocycles. The van der Waals surface area contributed by atoms with E-state index in [1.54, 1.807) is 0 Å². The molecule has 0 fully saturated rings. The lowest BCUT2D eigenvalue weighted by molar-refractivity contribution is -0.113. The summed E-state index contributed by atoms with van der Waals surface area (Å²) in [7, 11) is 0. The number of anilines is 1. The molecule has 152 valence electrons. The fourth-order valence-electron chi connectivity index (χ4n) is 3.19. The molecular formula is C22H20BrN5OS. The third-order valence-corrected chi connectivity index (χ3v) is 6.57. The Balaban J connectivity index is 1.42. The Kier molecular flexibility index (Phi) is 6.06. The summed E-state index contributed by atoms with van der Waals surface area (Å²) in [5, 5.41) is 14.1. The molecule has 1 heterocycles. The van der Waals surface area contributed by atoms with E-state index in [-0.39, 0.29) is 11.7 Å². The van der Waals surface area contributed by atoms with E-state index in [0.29, 0.717) is 17.4 Å². The van der Waals surface area contributed by atoms with Crippen molar-refractivity contribution in [1.82, 2.24) is 14.9 Å². The van der Waals surface area contributed by atoms with Gasteiger partial charge in [-0.3, -0.25) is 4.79 Å². The lowest BCUT2D eigenvalue weighted by atomic mass is 10.0. The van der Waals surface area contributed by atoms with Crippen LogP contribution in [0.3, 0.4) is 0 Å².